The molecule has 0 aromatic carbocycles. The first-order valence-electron chi connectivity index (χ1n) is 5.56. The lowest BCUT2D eigenvalue weighted by atomic mass is 10.2. The number of hydrogen-bond donors (Lipinski definition) is 1. The molecule has 2 heterocycles. The summed E-state index contributed by atoms with van der Waals surface area (Å²) < 4.78 is 2.12. The highest BCUT2D eigenvalue weighted by Gasteiger charge is 2.19. The van der Waals surface area contributed by atoms with Gasteiger partial charge in [0.1, 0.15) is 5.82 Å². The fraction of sp³-hybridized carbons (Fsp3) is 0.700. The van der Waals surface area contributed by atoms with Crippen LogP contribution in [0.1, 0.15) is 32.0 Å². The Morgan fingerprint density at radius 2 is 2.25 bits per heavy atom. The highest BCUT2D eigenvalue weighted by atomic mass is 32.2. The van der Waals surface area contributed by atoms with Crippen LogP contribution in [0.25, 0.3) is 0 Å². The van der Waals surface area contributed by atoms with E-state index in [2.05, 4.69) is 14.8 Å². The number of primary amides is 1. The van der Waals surface area contributed by atoms with Gasteiger partial charge in [0.15, 0.2) is 5.16 Å². The molecule has 0 fully saturated rings. The highest BCUT2D eigenvalue weighted by molar-refractivity contribution is 8.00. The first kappa shape index (κ1) is 11.4. The molecule has 16 heavy (non-hydrogen) atoms. The first-order valence-corrected chi connectivity index (χ1v) is 6.44. The molecule has 0 aliphatic carbocycles. The van der Waals surface area contributed by atoms with Gasteiger partial charge < -0.3 is 10.3 Å². The average molecular weight is 240 g/mol. The zero-order valence-electron chi connectivity index (χ0n) is 9.35. The van der Waals surface area contributed by atoms with Gasteiger partial charge in [-0.05, 0) is 19.8 Å². The van der Waals surface area contributed by atoms with Crippen molar-refractivity contribution >= 4 is 17.7 Å². The molecule has 0 saturated heterocycles. The van der Waals surface area contributed by atoms with Gasteiger partial charge in [0.25, 0.3) is 0 Å². The average Bonchev–Trinajstić information content (AvgIpc) is 2.50. The number of thioether (sulfide) groups is 1. The zero-order chi connectivity index (χ0) is 11.5. The number of aryl methyl sites for hydroxylation is 1. The van der Waals surface area contributed by atoms with E-state index in [1.807, 2.05) is 0 Å². The van der Waals surface area contributed by atoms with Crippen LogP contribution in [0, 0.1) is 0 Å². The number of nitrogens with zero attached hydrogens (tertiary/aromatic N) is 3. The Bertz CT molecular complexity index is 390. The van der Waals surface area contributed by atoms with E-state index < -0.39 is 0 Å². The Balaban J connectivity index is 2.16. The van der Waals surface area contributed by atoms with Crippen LogP contribution in [0.4, 0.5) is 0 Å². The lowest BCUT2D eigenvalue weighted by molar-refractivity contribution is -0.117. The summed E-state index contributed by atoms with van der Waals surface area (Å²) in [6.07, 6.45) is 4.55. The van der Waals surface area contributed by atoms with Gasteiger partial charge in [-0.3, -0.25) is 4.79 Å². The standard InChI is InChI=1S/C10H16N4OS/c1-7(9(11)15)16-10-13-12-8-5-3-2-4-6-14(8)10/h7H,2-6H2,1H3,(H2,11,15)/t7-/m1/s1. The minimum absolute atomic E-state index is 0.253. The van der Waals surface area contributed by atoms with E-state index in [4.69, 9.17) is 5.73 Å². The molecule has 2 N–H and O–H groups in total. The molecule has 88 valence electrons. The van der Waals surface area contributed by atoms with Crippen molar-refractivity contribution < 1.29 is 4.79 Å². The molecular formula is C10H16N4OS. The Hall–Kier alpha value is -1.04. The third kappa shape index (κ3) is 2.37. The summed E-state index contributed by atoms with van der Waals surface area (Å²) in [6, 6.07) is 0. The Morgan fingerprint density at radius 3 is 3.00 bits per heavy atom. The lowest BCUT2D eigenvalue weighted by Gasteiger charge is -2.08. The van der Waals surface area contributed by atoms with Gasteiger partial charge in [0, 0.05) is 13.0 Å². The van der Waals surface area contributed by atoms with Gasteiger partial charge in [0.05, 0.1) is 5.25 Å². The molecule has 1 atom stereocenters. The minimum Gasteiger partial charge on any atom is -0.369 e. The third-order valence-electron chi connectivity index (χ3n) is 2.76. The molecule has 1 aromatic heterocycles. The fourth-order valence-electron chi connectivity index (χ4n) is 1.76. The number of carbonyl (C=O) groups is 1. The van der Waals surface area contributed by atoms with Crippen LogP contribution >= 0.6 is 11.8 Å². The SMILES string of the molecule is C[C@@H](Sc1nnc2n1CCCCC2)C(N)=O. The molecule has 1 aliphatic heterocycles. The number of hydrogen-bond acceptors (Lipinski definition) is 4. The lowest BCUT2D eigenvalue weighted by Crippen LogP contribution is -2.23. The molecule has 0 unspecified atom stereocenters. The molecule has 0 spiro atoms. The summed E-state index contributed by atoms with van der Waals surface area (Å²) in [5.41, 5.74) is 5.24. The topological polar surface area (TPSA) is 73.8 Å². The van der Waals surface area contributed by atoms with Crippen LogP contribution in [-0.4, -0.2) is 25.9 Å². The van der Waals surface area contributed by atoms with Crippen molar-refractivity contribution in [3.05, 3.63) is 5.82 Å². The second-order valence-electron chi connectivity index (χ2n) is 4.02. The zero-order valence-corrected chi connectivity index (χ0v) is 10.2. The van der Waals surface area contributed by atoms with Crippen molar-refractivity contribution in [2.24, 2.45) is 5.73 Å². The summed E-state index contributed by atoms with van der Waals surface area (Å²) in [4.78, 5) is 11.0. The predicted molar refractivity (Wildman–Crippen MR) is 62.1 cm³/mol. The van der Waals surface area contributed by atoms with Gasteiger partial charge in [0.2, 0.25) is 5.91 Å². The van der Waals surface area contributed by atoms with Crippen molar-refractivity contribution in [2.45, 2.75) is 49.6 Å². The van der Waals surface area contributed by atoms with E-state index in [1.165, 1.54) is 24.6 Å². The monoisotopic (exact) mass is 240 g/mol. The minimum atomic E-state index is -0.309. The van der Waals surface area contributed by atoms with Crippen molar-refractivity contribution in [3.8, 4) is 0 Å². The van der Waals surface area contributed by atoms with E-state index in [-0.39, 0.29) is 11.2 Å². The molecule has 0 radical (unpaired) electrons. The summed E-state index contributed by atoms with van der Waals surface area (Å²) >= 11 is 1.40. The van der Waals surface area contributed by atoms with E-state index in [9.17, 15) is 4.79 Å². The molecule has 1 amide bonds. The van der Waals surface area contributed by atoms with Crippen LogP contribution in [0.2, 0.25) is 0 Å². The summed E-state index contributed by atoms with van der Waals surface area (Å²) in [5, 5.41) is 8.87. The Kier molecular flexibility index (Phi) is 3.48. The maximum Gasteiger partial charge on any atom is 0.230 e. The summed E-state index contributed by atoms with van der Waals surface area (Å²) in [5.74, 6) is 0.729. The number of amides is 1. The number of fused-ring (bicyclic) bond motifs is 1. The van der Waals surface area contributed by atoms with Gasteiger partial charge >= 0.3 is 0 Å². The number of aromatic nitrogens is 3. The van der Waals surface area contributed by atoms with Gasteiger partial charge in [-0.25, -0.2) is 0 Å². The molecule has 6 heteroatoms. The molecule has 1 aliphatic rings. The molecule has 0 saturated carbocycles. The Morgan fingerprint density at radius 1 is 1.44 bits per heavy atom. The van der Waals surface area contributed by atoms with Crippen LogP contribution in [0.5, 0.6) is 0 Å². The first-order chi connectivity index (χ1) is 7.68. The molecule has 0 bridgehead atoms. The van der Waals surface area contributed by atoms with Gasteiger partial charge in [-0.15, -0.1) is 10.2 Å². The third-order valence-corrected chi connectivity index (χ3v) is 3.86. The van der Waals surface area contributed by atoms with E-state index in [0.29, 0.717) is 0 Å². The second kappa shape index (κ2) is 4.86. The van der Waals surface area contributed by atoms with Crippen molar-refractivity contribution in [2.75, 3.05) is 0 Å². The van der Waals surface area contributed by atoms with E-state index in [0.717, 1.165) is 30.4 Å². The van der Waals surface area contributed by atoms with Crippen LogP contribution in [0.3, 0.4) is 0 Å². The predicted octanol–water partition coefficient (Wildman–Crippen LogP) is 0.970. The number of carbonyl (C=O) groups excluding carboxylic acids is 1. The smallest absolute Gasteiger partial charge is 0.230 e. The Labute approximate surface area is 98.8 Å². The quantitative estimate of drug-likeness (QED) is 0.799. The van der Waals surface area contributed by atoms with Crippen LogP contribution in [-0.2, 0) is 17.8 Å². The fourth-order valence-corrected chi connectivity index (χ4v) is 2.61. The van der Waals surface area contributed by atoms with Crippen molar-refractivity contribution in [1.82, 2.24) is 14.8 Å². The molecular weight excluding hydrogens is 224 g/mol. The molecule has 5 nitrogen and oxygen atoms in total. The normalized spacial score (nSPS) is 17.6. The van der Waals surface area contributed by atoms with Gasteiger partial charge in [-0.1, -0.05) is 18.2 Å². The van der Waals surface area contributed by atoms with Crippen LogP contribution in [0.15, 0.2) is 5.16 Å². The van der Waals surface area contributed by atoms with E-state index in [1.54, 1.807) is 6.92 Å². The van der Waals surface area contributed by atoms with Crippen molar-refractivity contribution in [3.63, 3.8) is 0 Å². The van der Waals surface area contributed by atoms with Gasteiger partial charge in [-0.2, -0.15) is 0 Å². The maximum atomic E-state index is 11.0. The second-order valence-corrected chi connectivity index (χ2v) is 5.33. The number of nitrogens with two attached hydrogens (primary N) is 1. The van der Waals surface area contributed by atoms with Crippen LogP contribution < -0.4 is 5.73 Å². The van der Waals surface area contributed by atoms with E-state index >= 15 is 0 Å². The summed E-state index contributed by atoms with van der Waals surface area (Å²) in [7, 11) is 0. The highest BCUT2D eigenvalue weighted by Crippen LogP contribution is 2.24. The molecule has 2 rings (SSSR count). The number of rotatable bonds is 3. The largest absolute Gasteiger partial charge is 0.369 e. The molecule has 1 aromatic rings. The maximum absolute atomic E-state index is 11.0. The summed E-state index contributed by atoms with van der Waals surface area (Å²) in [6.45, 7) is 2.75. The van der Waals surface area contributed by atoms with Crippen molar-refractivity contribution in [1.29, 1.82) is 0 Å².